The van der Waals surface area contributed by atoms with Gasteiger partial charge in [0.25, 0.3) is 0 Å². The van der Waals surface area contributed by atoms with Crippen LogP contribution in [0.1, 0.15) is 45.1 Å². The standard InChI is InChI=1S/C22H38N4O2/c1-5-23-22(24-12-6-7-13-26-14-8-9-18(2)17-26)25-16-19-10-11-20(27-3)15-21(19)28-4/h10-11,15,18H,5-9,12-14,16-17H2,1-4H3,(H2,23,24,25). The number of ether oxygens (including phenoxy) is 2. The number of rotatable bonds is 10. The molecule has 1 aliphatic rings. The summed E-state index contributed by atoms with van der Waals surface area (Å²) < 4.78 is 10.7. The Morgan fingerprint density at radius 1 is 1.21 bits per heavy atom. The van der Waals surface area contributed by atoms with E-state index < -0.39 is 0 Å². The first-order chi connectivity index (χ1) is 13.7. The third-order valence-electron chi connectivity index (χ3n) is 5.18. The quantitative estimate of drug-likeness (QED) is 0.365. The van der Waals surface area contributed by atoms with Gasteiger partial charge in [-0.2, -0.15) is 0 Å². The molecule has 158 valence electrons. The van der Waals surface area contributed by atoms with Crippen LogP contribution in [-0.4, -0.2) is 57.8 Å². The van der Waals surface area contributed by atoms with Gasteiger partial charge < -0.3 is 25.0 Å². The van der Waals surface area contributed by atoms with E-state index >= 15 is 0 Å². The number of benzene rings is 1. The molecule has 2 N–H and O–H groups in total. The van der Waals surface area contributed by atoms with E-state index in [1.54, 1.807) is 14.2 Å². The van der Waals surface area contributed by atoms with Gasteiger partial charge in [0.15, 0.2) is 5.96 Å². The number of piperidine rings is 1. The largest absolute Gasteiger partial charge is 0.497 e. The predicted molar refractivity (Wildman–Crippen MR) is 116 cm³/mol. The summed E-state index contributed by atoms with van der Waals surface area (Å²) in [5.74, 6) is 3.30. The molecule has 0 aliphatic carbocycles. The molecule has 28 heavy (non-hydrogen) atoms. The average Bonchev–Trinajstić information content (AvgIpc) is 2.71. The Morgan fingerprint density at radius 2 is 2.07 bits per heavy atom. The van der Waals surface area contributed by atoms with Crippen molar-refractivity contribution in [2.45, 2.75) is 46.1 Å². The van der Waals surface area contributed by atoms with Crippen molar-refractivity contribution in [3.8, 4) is 11.5 Å². The Morgan fingerprint density at radius 3 is 2.79 bits per heavy atom. The first-order valence-corrected chi connectivity index (χ1v) is 10.6. The number of nitrogens with one attached hydrogen (secondary N) is 2. The van der Waals surface area contributed by atoms with Crippen molar-refractivity contribution < 1.29 is 9.47 Å². The van der Waals surface area contributed by atoms with Gasteiger partial charge in [-0.3, -0.25) is 0 Å². The third kappa shape index (κ3) is 7.58. The van der Waals surface area contributed by atoms with Crippen molar-refractivity contribution in [1.29, 1.82) is 0 Å². The second kappa shape index (κ2) is 12.5. The van der Waals surface area contributed by atoms with E-state index in [0.29, 0.717) is 6.54 Å². The summed E-state index contributed by atoms with van der Waals surface area (Å²) in [5.41, 5.74) is 1.04. The molecule has 1 fully saturated rings. The van der Waals surface area contributed by atoms with E-state index in [1.807, 2.05) is 18.2 Å². The van der Waals surface area contributed by atoms with Crippen LogP contribution in [-0.2, 0) is 6.54 Å². The molecule has 0 bridgehead atoms. The van der Waals surface area contributed by atoms with Crippen molar-refractivity contribution in [2.24, 2.45) is 10.9 Å². The molecule has 1 aromatic rings. The highest BCUT2D eigenvalue weighted by Crippen LogP contribution is 2.25. The summed E-state index contributed by atoms with van der Waals surface area (Å²) in [6, 6.07) is 5.84. The Hall–Kier alpha value is -1.95. The fourth-order valence-electron chi connectivity index (χ4n) is 3.65. The van der Waals surface area contributed by atoms with Crippen LogP contribution in [0.5, 0.6) is 11.5 Å². The van der Waals surface area contributed by atoms with Crippen LogP contribution in [0.2, 0.25) is 0 Å². The molecule has 1 heterocycles. The van der Waals surface area contributed by atoms with E-state index in [1.165, 1.54) is 38.9 Å². The zero-order valence-corrected chi connectivity index (χ0v) is 18.1. The summed E-state index contributed by atoms with van der Waals surface area (Å²) in [5, 5.41) is 6.77. The van der Waals surface area contributed by atoms with Gasteiger partial charge in [-0.1, -0.05) is 6.92 Å². The number of hydrogen-bond donors (Lipinski definition) is 2. The maximum atomic E-state index is 5.46. The van der Waals surface area contributed by atoms with E-state index in [9.17, 15) is 0 Å². The van der Waals surface area contributed by atoms with Crippen LogP contribution in [0.3, 0.4) is 0 Å². The number of nitrogens with zero attached hydrogens (tertiary/aromatic N) is 2. The van der Waals surface area contributed by atoms with E-state index in [4.69, 9.17) is 14.5 Å². The van der Waals surface area contributed by atoms with Crippen molar-refractivity contribution in [1.82, 2.24) is 15.5 Å². The minimum atomic E-state index is 0.564. The number of aliphatic imine (C=N–C) groups is 1. The van der Waals surface area contributed by atoms with E-state index in [-0.39, 0.29) is 0 Å². The molecule has 0 spiro atoms. The third-order valence-corrected chi connectivity index (χ3v) is 5.18. The van der Waals surface area contributed by atoms with Crippen LogP contribution >= 0.6 is 0 Å². The lowest BCUT2D eigenvalue weighted by molar-refractivity contribution is 0.181. The number of likely N-dealkylation sites (tertiary alicyclic amines) is 1. The van der Waals surface area contributed by atoms with Gasteiger partial charge in [0.05, 0.1) is 20.8 Å². The molecular formula is C22H38N4O2. The van der Waals surface area contributed by atoms with E-state index in [0.717, 1.165) is 48.5 Å². The fourth-order valence-corrected chi connectivity index (χ4v) is 3.65. The van der Waals surface area contributed by atoms with Crippen LogP contribution < -0.4 is 20.1 Å². The Balaban J connectivity index is 1.77. The zero-order chi connectivity index (χ0) is 20.2. The topological polar surface area (TPSA) is 58.1 Å². The van der Waals surface area contributed by atoms with Crippen LogP contribution in [0.25, 0.3) is 0 Å². The Bertz CT molecular complexity index is 606. The molecule has 6 heteroatoms. The molecule has 0 amide bonds. The van der Waals surface area contributed by atoms with Crippen molar-refractivity contribution in [2.75, 3.05) is 46.9 Å². The first-order valence-electron chi connectivity index (χ1n) is 10.6. The van der Waals surface area contributed by atoms with Crippen molar-refractivity contribution in [3.05, 3.63) is 23.8 Å². The summed E-state index contributed by atoms with van der Waals surface area (Å²) in [4.78, 5) is 7.32. The summed E-state index contributed by atoms with van der Waals surface area (Å²) in [7, 11) is 3.33. The molecule has 6 nitrogen and oxygen atoms in total. The Labute approximate surface area is 170 Å². The van der Waals surface area contributed by atoms with E-state index in [2.05, 4.69) is 29.4 Å². The first kappa shape index (κ1) is 22.3. The van der Waals surface area contributed by atoms with Crippen molar-refractivity contribution in [3.63, 3.8) is 0 Å². The van der Waals surface area contributed by atoms with Gasteiger partial charge in [-0.25, -0.2) is 4.99 Å². The van der Waals surface area contributed by atoms with Gasteiger partial charge in [-0.15, -0.1) is 0 Å². The van der Waals surface area contributed by atoms with Crippen molar-refractivity contribution >= 4 is 5.96 Å². The molecule has 0 aromatic heterocycles. The maximum Gasteiger partial charge on any atom is 0.191 e. The molecule has 0 radical (unpaired) electrons. The smallest absolute Gasteiger partial charge is 0.191 e. The van der Waals surface area contributed by atoms with Gasteiger partial charge in [0.1, 0.15) is 11.5 Å². The highest BCUT2D eigenvalue weighted by Gasteiger charge is 2.15. The monoisotopic (exact) mass is 390 g/mol. The van der Waals surface area contributed by atoms with Gasteiger partial charge in [-0.05, 0) is 63.7 Å². The van der Waals surface area contributed by atoms with Crippen LogP contribution in [0.15, 0.2) is 23.2 Å². The Kier molecular flexibility index (Phi) is 9.97. The average molecular weight is 391 g/mol. The minimum Gasteiger partial charge on any atom is -0.497 e. The lowest BCUT2D eigenvalue weighted by Gasteiger charge is -2.30. The maximum absolute atomic E-state index is 5.46. The lowest BCUT2D eigenvalue weighted by Crippen LogP contribution is -2.38. The molecule has 1 saturated heterocycles. The number of hydrogen-bond acceptors (Lipinski definition) is 4. The summed E-state index contributed by atoms with van der Waals surface area (Å²) in [6.07, 6.45) is 5.12. The second-order valence-electron chi connectivity index (χ2n) is 7.55. The predicted octanol–water partition coefficient (Wildman–Crippen LogP) is 3.27. The molecule has 1 unspecified atom stereocenters. The van der Waals surface area contributed by atoms with Gasteiger partial charge in [0, 0.05) is 31.3 Å². The minimum absolute atomic E-state index is 0.564. The molecule has 0 saturated carbocycles. The fraction of sp³-hybridized carbons (Fsp3) is 0.682. The SMILES string of the molecule is CCNC(=NCc1ccc(OC)cc1OC)NCCCCN1CCCC(C)C1. The molecule has 1 atom stereocenters. The van der Waals surface area contributed by atoms with Crippen LogP contribution in [0, 0.1) is 5.92 Å². The van der Waals surface area contributed by atoms with Crippen LogP contribution in [0.4, 0.5) is 0 Å². The summed E-state index contributed by atoms with van der Waals surface area (Å²) in [6.45, 7) is 10.5. The highest BCUT2D eigenvalue weighted by atomic mass is 16.5. The van der Waals surface area contributed by atoms with Gasteiger partial charge in [0.2, 0.25) is 0 Å². The molecule has 2 rings (SSSR count). The normalized spacial score (nSPS) is 18.0. The number of guanidine groups is 1. The second-order valence-corrected chi connectivity index (χ2v) is 7.55. The van der Waals surface area contributed by atoms with Gasteiger partial charge >= 0.3 is 0 Å². The zero-order valence-electron chi connectivity index (χ0n) is 18.1. The molecule has 1 aliphatic heterocycles. The number of methoxy groups -OCH3 is 2. The number of unbranched alkanes of at least 4 members (excludes halogenated alkanes) is 1. The molecular weight excluding hydrogens is 352 g/mol. The molecule has 1 aromatic carbocycles. The lowest BCUT2D eigenvalue weighted by atomic mass is 10.0. The highest BCUT2D eigenvalue weighted by molar-refractivity contribution is 5.79. The summed E-state index contributed by atoms with van der Waals surface area (Å²) >= 11 is 0.